The Morgan fingerprint density at radius 1 is 0.818 bits per heavy atom. The van der Waals surface area contributed by atoms with E-state index in [0.29, 0.717) is 23.5 Å². The molecule has 0 heterocycles. The molecule has 164 valence electrons. The van der Waals surface area contributed by atoms with Crippen molar-refractivity contribution in [2.45, 2.75) is 12.2 Å². The lowest BCUT2D eigenvalue weighted by Gasteiger charge is -2.27. The van der Waals surface area contributed by atoms with Crippen LogP contribution in [-0.4, -0.2) is 17.2 Å². The van der Waals surface area contributed by atoms with Crippen LogP contribution < -0.4 is 10.2 Å². The third-order valence-corrected chi connectivity index (χ3v) is 5.20. The van der Waals surface area contributed by atoms with E-state index in [4.69, 9.17) is 4.74 Å². The average molecular weight is 437 g/mol. The molecule has 0 fully saturated rings. The van der Waals surface area contributed by atoms with Gasteiger partial charge in [0.25, 0.3) is 5.91 Å². The molecule has 5 nitrogen and oxygen atoms in total. The number of hydrogen-bond donors (Lipinski definition) is 2. The van der Waals surface area contributed by atoms with E-state index >= 15 is 0 Å². The summed E-state index contributed by atoms with van der Waals surface area (Å²) in [6.07, 6.45) is 1.52. The second-order valence-electron chi connectivity index (χ2n) is 7.49. The third kappa shape index (κ3) is 5.34. The van der Waals surface area contributed by atoms with Crippen LogP contribution in [0.4, 0.5) is 0 Å². The van der Waals surface area contributed by atoms with Crippen molar-refractivity contribution >= 4 is 12.1 Å². The molecular weight excluding hydrogens is 412 g/mol. The smallest absolute Gasteiger partial charge is 0.281 e. The van der Waals surface area contributed by atoms with Gasteiger partial charge in [0.05, 0.1) is 6.21 Å². The maximum absolute atomic E-state index is 13.1. The van der Waals surface area contributed by atoms with E-state index in [2.05, 4.69) is 10.5 Å². The maximum Gasteiger partial charge on any atom is 0.281 e. The Morgan fingerprint density at radius 2 is 1.39 bits per heavy atom. The summed E-state index contributed by atoms with van der Waals surface area (Å²) in [5, 5.41) is 15.5. The summed E-state index contributed by atoms with van der Waals surface area (Å²) in [7, 11) is 0. The molecule has 0 saturated heterocycles. The molecule has 4 aromatic carbocycles. The van der Waals surface area contributed by atoms with E-state index < -0.39 is 11.5 Å². The van der Waals surface area contributed by atoms with Gasteiger partial charge in [-0.2, -0.15) is 5.10 Å². The Bertz CT molecular complexity index is 1170. The van der Waals surface area contributed by atoms with Crippen LogP contribution in [0, 0.1) is 0 Å². The van der Waals surface area contributed by atoms with Gasteiger partial charge in [0.2, 0.25) is 0 Å². The molecule has 4 aromatic rings. The highest BCUT2D eigenvalue weighted by Crippen LogP contribution is 2.29. The number of rotatable bonds is 8. The van der Waals surface area contributed by atoms with Crippen molar-refractivity contribution in [2.24, 2.45) is 5.10 Å². The summed E-state index contributed by atoms with van der Waals surface area (Å²) in [5.74, 6) is 0.0480. The summed E-state index contributed by atoms with van der Waals surface area (Å²) in [4.78, 5) is 13.1. The van der Waals surface area contributed by atoms with Crippen LogP contribution in [0.1, 0.15) is 22.3 Å². The third-order valence-electron chi connectivity index (χ3n) is 5.20. The highest BCUT2D eigenvalue weighted by Gasteiger charge is 2.39. The van der Waals surface area contributed by atoms with Gasteiger partial charge in [-0.1, -0.05) is 103 Å². The zero-order valence-electron chi connectivity index (χ0n) is 18.0. The molecule has 0 aliphatic heterocycles. The molecule has 0 unspecified atom stereocenters. The standard InChI is InChI=1S/C28H24N2O3/c31-27(28(32,24-14-6-2-7-15-24)25-16-8-3-9-17-25)30-29-20-23-13-10-18-26(19-23)33-21-22-11-4-1-5-12-22/h1-20,32H,21H2,(H,30,31). The van der Waals surface area contributed by atoms with E-state index in [-0.39, 0.29) is 0 Å². The number of nitrogens with one attached hydrogen (secondary N) is 1. The van der Waals surface area contributed by atoms with E-state index in [9.17, 15) is 9.90 Å². The lowest BCUT2D eigenvalue weighted by atomic mass is 9.85. The number of nitrogens with zero attached hydrogens (tertiary/aromatic N) is 1. The zero-order chi connectivity index (χ0) is 22.9. The van der Waals surface area contributed by atoms with E-state index in [1.807, 2.05) is 66.7 Å². The number of hydrazone groups is 1. The van der Waals surface area contributed by atoms with Gasteiger partial charge < -0.3 is 9.84 Å². The van der Waals surface area contributed by atoms with Crippen LogP contribution in [0.15, 0.2) is 120 Å². The monoisotopic (exact) mass is 436 g/mol. The second-order valence-corrected chi connectivity index (χ2v) is 7.49. The molecule has 1 amide bonds. The van der Waals surface area contributed by atoms with Crippen molar-refractivity contribution in [1.82, 2.24) is 5.43 Å². The van der Waals surface area contributed by atoms with Crippen molar-refractivity contribution in [2.75, 3.05) is 0 Å². The summed E-state index contributed by atoms with van der Waals surface area (Å²) >= 11 is 0. The number of aliphatic hydroxyl groups is 1. The number of amides is 1. The molecule has 0 saturated carbocycles. The number of carbonyl (C=O) groups excluding carboxylic acids is 1. The van der Waals surface area contributed by atoms with Crippen molar-refractivity contribution < 1.29 is 14.6 Å². The van der Waals surface area contributed by atoms with Gasteiger partial charge in [0.1, 0.15) is 12.4 Å². The number of benzene rings is 4. The van der Waals surface area contributed by atoms with E-state index in [0.717, 1.165) is 11.1 Å². The normalized spacial score (nSPS) is 11.3. The molecule has 2 N–H and O–H groups in total. The Morgan fingerprint density at radius 3 is 2.00 bits per heavy atom. The summed E-state index contributed by atoms with van der Waals surface area (Å²) < 4.78 is 5.84. The lowest BCUT2D eigenvalue weighted by Crippen LogP contribution is -2.43. The highest BCUT2D eigenvalue weighted by molar-refractivity contribution is 5.91. The van der Waals surface area contributed by atoms with Crippen molar-refractivity contribution in [3.05, 3.63) is 138 Å². The largest absolute Gasteiger partial charge is 0.489 e. The fourth-order valence-corrected chi connectivity index (χ4v) is 3.46. The maximum atomic E-state index is 13.1. The molecule has 0 aliphatic rings. The first kappa shape index (κ1) is 22.0. The summed E-state index contributed by atoms with van der Waals surface area (Å²) in [5.41, 5.74) is 3.36. The molecule has 0 spiro atoms. The highest BCUT2D eigenvalue weighted by atomic mass is 16.5. The summed E-state index contributed by atoms with van der Waals surface area (Å²) in [6.45, 7) is 0.458. The minimum absolute atomic E-state index is 0.458. The van der Waals surface area contributed by atoms with E-state index in [1.54, 1.807) is 48.5 Å². The zero-order valence-corrected chi connectivity index (χ0v) is 18.0. The van der Waals surface area contributed by atoms with Gasteiger partial charge in [-0.15, -0.1) is 0 Å². The topological polar surface area (TPSA) is 70.9 Å². The molecule has 0 atom stereocenters. The van der Waals surface area contributed by atoms with Crippen molar-refractivity contribution in [3.63, 3.8) is 0 Å². The molecule has 0 aliphatic carbocycles. The number of hydrogen-bond acceptors (Lipinski definition) is 4. The van der Waals surface area contributed by atoms with Crippen LogP contribution in [0.2, 0.25) is 0 Å². The van der Waals surface area contributed by atoms with Crippen LogP contribution in [0.25, 0.3) is 0 Å². The molecule has 0 bridgehead atoms. The molecular formula is C28H24N2O3. The first-order valence-corrected chi connectivity index (χ1v) is 10.6. The van der Waals surface area contributed by atoms with Gasteiger partial charge >= 0.3 is 0 Å². The molecule has 33 heavy (non-hydrogen) atoms. The van der Waals surface area contributed by atoms with Gasteiger partial charge in [-0.05, 0) is 34.4 Å². The van der Waals surface area contributed by atoms with Crippen molar-refractivity contribution in [3.8, 4) is 5.75 Å². The van der Waals surface area contributed by atoms with Crippen molar-refractivity contribution in [1.29, 1.82) is 0 Å². The fourth-order valence-electron chi connectivity index (χ4n) is 3.46. The van der Waals surface area contributed by atoms with Crippen LogP contribution in [0.5, 0.6) is 5.75 Å². The SMILES string of the molecule is O=C(NN=Cc1cccc(OCc2ccccc2)c1)C(O)(c1ccccc1)c1ccccc1. The van der Waals surface area contributed by atoms with Gasteiger partial charge in [0.15, 0.2) is 5.60 Å². The molecule has 5 heteroatoms. The minimum Gasteiger partial charge on any atom is -0.489 e. The quantitative estimate of drug-likeness (QED) is 0.312. The Labute approximate surface area is 193 Å². The van der Waals surface area contributed by atoms with Crippen LogP contribution in [0.3, 0.4) is 0 Å². The first-order chi connectivity index (χ1) is 16.2. The predicted molar refractivity (Wildman–Crippen MR) is 129 cm³/mol. The van der Waals surface area contributed by atoms with E-state index in [1.165, 1.54) is 6.21 Å². The van der Waals surface area contributed by atoms with Gasteiger partial charge in [-0.25, -0.2) is 5.43 Å². The van der Waals surface area contributed by atoms with Crippen LogP contribution in [-0.2, 0) is 17.0 Å². The average Bonchev–Trinajstić information content (AvgIpc) is 2.89. The first-order valence-electron chi connectivity index (χ1n) is 10.6. The Balaban J connectivity index is 1.47. The minimum atomic E-state index is -1.87. The predicted octanol–water partition coefficient (Wildman–Crippen LogP) is 4.65. The molecule has 0 radical (unpaired) electrons. The Hall–Kier alpha value is -4.22. The van der Waals surface area contributed by atoms with Crippen LogP contribution >= 0.6 is 0 Å². The number of carbonyl (C=O) groups is 1. The lowest BCUT2D eigenvalue weighted by molar-refractivity contribution is -0.136. The van der Waals surface area contributed by atoms with Gasteiger partial charge in [-0.3, -0.25) is 4.79 Å². The fraction of sp³-hybridized carbons (Fsp3) is 0.0714. The van der Waals surface area contributed by atoms with Gasteiger partial charge in [0, 0.05) is 0 Å². The molecule has 0 aromatic heterocycles. The second kappa shape index (κ2) is 10.4. The molecule has 4 rings (SSSR count). The summed E-state index contributed by atoms with van der Waals surface area (Å²) in [6, 6.07) is 34.9. The Kier molecular flexibility index (Phi) is 6.93. The number of ether oxygens (including phenoxy) is 1.